The molecular formula is C13H18O9. The van der Waals surface area contributed by atoms with Crippen LogP contribution in [0.25, 0.3) is 0 Å². The van der Waals surface area contributed by atoms with Crippen molar-refractivity contribution in [3.8, 4) is 0 Å². The van der Waals surface area contributed by atoms with E-state index in [1.165, 1.54) is 0 Å². The van der Waals surface area contributed by atoms with Gasteiger partial charge in [-0.1, -0.05) is 0 Å². The molecule has 0 saturated carbocycles. The number of aliphatic hydroxyl groups excluding tert-OH is 1. The average molecular weight is 318 g/mol. The third-order valence-electron chi connectivity index (χ3n) is 3.06. The van der Waals surface area contributed by atoms with Crippen LogP contribution in [0.1, 0.15) is 27.7 Å². The molecule has 1 fully saturated rings. The minimum atomic E-state index is -1.98. The SMILES string of the molecule is CC(=O)O[C@H]1O[C@@](CO)(C(C)=O)[C@H](OC(C)=O)[C@H]1OC(C)=O. The first-order valence-electron chi connectivity index (χ1n) is 6.45. The van der Waals surface area contributed by atoms with Gasteiger partial charge in [0.05, 0.1) is 6.61 Å². The van der Waals surface area contributed by atoms with Crippen LogP contribution in [0.15, 0.2) is 0 Å². The maximum atomic E-state index is 11.9. The van der Waals surface area contributed by atoms with E-state index in [0.717, 1.165) is 27.7 Å². The van der Waals surface area contributed by atoms with Gasteiger partial charge in [0.1, 0.15) is 0 Å². The number of ether oxygens (including phenoxy) is 4. The number of carbonyl (C=O) groups is 4. The van der Waals surface area contributed by atoms with Crippen molar-refractivity contribution in [1.82, 2.24) is 0 Å². The van der Waals surface area contributed by atoms with Gasteiger partial charge < -0.3 is 24.1 Å². The Balaban J connectivity index is 3.27. The lowest BCUT2D eigenvalue weighted by Gasteiger charge is -2.29. The monoisotopic (exact) mass is 318 g/mol. The highest BCUT2D eigenvalue weighted by molar-refractivity contribution is 5.87. The van der Waals surface area contributed by atoms with E-state index in [2.05, 4.69) is 0 Å². The lowest BCUT2D eigenvalue weighted by molar-refractivity contribution is -0.208. The zero-order valence-corrected chi connectivity index (χ0v) is 12.7. The van der Waals surface area contributed by atoms with Crippen LogP contribution in [0.5, 0.6) is 0 Å². The Labute approximate surface area is 126 Å². The Morgan fingerprint density at radius 3 is 1.82 bits per heavy atom. The van der Waals surface area contributed by atoms with Gasteiger partial charge in [0.15, 0.2) is 17.5 Å². The molecule has 124 valence electrons. The maximum Gasteiger partial charge on any atom is 0.305 e. The third kappa shape index (κ3) is 3.60. The summed E-state index contributed by atoms with van der Waals surface area (Å²) >= 11 is 0. The quantitative estimate of drug-likeness (QED) is 0.506. The second-order valence-electron chi connectivity index (χ2n) is 4.80. The summed E-state index contributed by atoms with van der Waals surface area (Å²) < 4.78 is 20.1. The third-order valence-corrected chi connectivity index (χ3v) is 3.06. The molecule has 1 saturated heterocycles. The van der Waals surface area contributed by atoms with E-state index >= 15 is 0 Å². The fourth-order valence-corrected chi connectivity index (χ4v) is 2.18. The number of rotatable bonds is 5. The van der Waals surface area contributed by atoms with Gasteiger partial charge in [-0.15, -0.1) is 0 Å². The zero-order chi connectivity index (χ0) is 17.1. The smallest absolute Gasteiger partial charge is 0.305 e. The van der Waals surface area contributed by atoms with Gasteiger partial charge >= 0.3 is 17.9 Å². The Morgan fingerprint density at radius 2 is 1.45 bits per heavy atom. The Hall–Kier alpha value is -2.00. The summed E-state index contributed by atoms with van der Waals surface area (Å²) in [5, 5.41) is 9.56. The first kappa shape index (κ1) is 18.1. The molecule has 0 unspecified atom stereocenters. The van der Waals surface area contributed by atoms with Gasteiger partial charge in [0.2, 0.25) is 12.4 Å². The summed E-state index contributed by atoms with van der Waals surface area (Å²) in [6, 6.07) is 0. The average Bonchev–Trinajstić information content (AvgIpc) is 2.63. The molecule has 0 aromatic heterocycles. The fourth-order valence-electron chi connectivity index (χ4n) is 2.18. The van der Waals surface area contributed by atoms with Crippen LogP contribution < -0.4 is 0 Å². The Morgan fingerprint density at radius 1 is 0.955 bits per heavy atom. The van der Waals surface area contributed by atoms with E-state index in [0.29, 0.717) is 0 Å². The number of hydrogen-bond acceptors (Lipinski definition) is 9. The van der Waals surface area contributed by atoms with Gasteiger partial charge in [0, 0.05) is 20.8 Å². The Bertz CT molecular complexity index is 486. The molecule has 9 nitrogen and oxygen atoms in total. The molecule has 22 heavy (non-hydrogen) atoms. The normalized spacial score (nSPS) is 30.5. The van der Waals surface area contributed by atoms with Crippen LogP contribution in [0.4, 0.5) is 0 Å². The predicted molar refractivity (Wildman–Crippen MR) is 68.2 cm³/mol. The molecule has 1 aliphatic heterocycles. The number of esters is 3. The molecule has 0 amide bonds. The molecule has 0 aromatic rings. The molecule has 1 aliphatic rings. The van der Waals surface area contributed by atoms with Gasteiger partial charge in [-0.2, -0.15) is 0 Å². The molecule has 1 rings (SSSR count). The number of hydrogen-bond donors (Lipinski definition) is 1. The van der Waals surface area contributed by atoms with Crippen molar-refractivity contribution in [2.24, 2.45) is 0 Å². The molecular weight excluding hydrogens is 300 g/mol. The zero-order valence-electron chi connectivity index (χ0n) is 12.7. The van der Waals surface area contributed by atoms with Crippen LogP contribution >= 0.6 is 0 Å². The topological polar surface area (TPSA) is 125 Å². The first-order chi connectivity index (χ1) is 10.1. The summed E-state index contributed by atoms with van der Waals surface area (Å²) in [6.45, 7) is 3.50. The van der Waals surface area contributed by atoms with Gasteiger partial charge in [-0.3, -0.25) is 19.2 Å². The van der Waals surface area contributed by atoms with E-state index in [1.54, 1.807) is 0 Å². The summed E-state index contributed by atoms with van der Waals surface area (Å²) in [5.41, 5.74) is -1.98. The summed E-state index contributed by atoms with van der Waals surface area (Å²) in [6.07, 6.45) is -4.30. The first-order valence-corrected chi connectivity index (χ1v) is 6.45. The molecule has 4 atom stereocenters. The van der Waals surface area contributed by atoms with E-state index in [-0.39, 0.29) is 0 Å². The predicted octanol–water partition coefficient (Wildman–Crippen LogP) is -0.911. The maximum absolute atomic E-state index is 11.9. The molecule has 0 radical (unpaired) electrons. The van der Waals surface area contributed by atoms with Crippen molar-refractivity contribution in [3.63, 3.8) is 0 Å². The standard InChI is InChI=1S/C13H18O9/c1-6(15)13(5-14)11(20-8(3)17)10(19-7(2)16)12(22-13)21-9(4)18/h10-12,14H,5H2,1-4H3/t10-,11-,12+,13+/m1/s1. The largest absolute Gasteiger partial charge is 0.455 e. The van der Waals surface area contributed by atoms with Crippen LogP contribution in [0, 0.1) is 0 Å². The van der Waals surface area contributed by atoms with Crippen molar-refractivity contribution in [1.29, 1.82) is 0 Å². The molecule has 0 bridgehead atoms. The number of aliphatic hydroxyl groups is 1. The van der Waals surface area contributed by atoms with E-state index in [9.17, 15) is 24.3 Å². The van der Waals surface area contributed by atoms with Gasteiger partial charge in [-0.05, 0) is 6.92 Å². The van der Waals surface area contributed by atoms with Crippen molar-refractivity contribution in [2.45, 2.75) is 51.8 Å². The molecule has 9 heteroatoms. The summed E-state index contributed by atoms with van der Waals surface area (Å²) in [7, 11) is 0. The van der Waals surface area contributed by atoms with Crippen molar-refractivity contribution in [2.75, 3.05) is 6.61 Å². The van der Waals surface area contributed by atoms with Gasteiger partial charge in [0.25, 0.3) is 0 Å². The second-order valence-corrected chi connectivity index (χ2v) is 4.80. The lowest BCUT2D eigenvalue weighted by atomic mass is 9.92. The lowest BCUT2D eigenvalue weighted by Crippen LogP contribution is -2.54. The number of Topliss-reactive ketones (excluding diaryl/α,β-unsaturated/α-hetero) is 1. The van der Waals surface area contributed by atoms with E-state index < -0.39 is 54.4 Å². The van der Waals surface area contributed by atoms with Crippen molar-refractivity contribution < 1.29 is 43.2 Å². The van der Waals surface area contributed by atoms with E-state index in [4.69, 9.17) is 18.9 Å². The van der Waals surface area contributed by atoms with Crippen LogP contribution in [-0.2, 0) is 38.1 Å². The highest BCUT2D eigenvalue weighted by Gasteiger charge is 2.63. The molecule has 0 aromatic carbocycles. The summed E-state index contributed by atoms with van der Waals surface area (Å²) in [5.74, 6) is -2.98. The Kier molecular flexibility index (Phi) is 5.61. The molecule has 1 N–H and O–H groups in total. The molecule has 0 spiro atoms. The fraction of sp³-hybridized carbons (Fsp3) is 0.692. The highest BCUT2D eigenvalue weighted by Crippen LogP contribution is 2.37. The number of ketones is 1. The van der Waals surface area contributed by atoms with Gasteiger partial charge in [-0.25, -0.2) is 0 Å². The minimum absolute atomic E-state index is 0.673. The highest BCUT2D eigenvalue weighted by atomic mass is 16.8. The van der Waals surface area contributed by atoms with Crippen LogP contribution in [-0.4, -0.2) is 59.5 Å². The molecule has 1 heterocycles. The molecule has 0 aliphatic carbocycles. The minimum Gasteiger partial charge on any atom is -0.455 e. The summed E-state index contributed by atoms with van der Waals surface area (Å²) in [4.78, 5) is 45.5. The van der Waals surface area contributed by atoms with Crippen molar-refractivity contribution >= 4 is 23.7 Å². The van der Waals surface area contributed by atoms with E-state index in [1.807, 2.05) is 0 Å². The second kappa shape index (κ2) is 6.84. The number of carbonyl (C=O) groups excluding carboxylic acids is 4. The van der Waals surface area contributed by atoms with Crippen molar-refractivity contribution in [3.05, 3.63) is 0 Å². The van der Waals surface area contributed by atoms with Crippen LogP contribution in [0.3, 0.4) is 0 Å². The van der Waals surface area contributed by atoms with Crippen LogP contribution in [0.2, 0.25) is 0 Å².